The molecule has 154 valence electrons. The summed E-state index contributed by atoms with van der Waals surface area (Å²) in [5, 5.41) is 8.48. The summed E-state index contributed by atoms with van der Waals surface area (Å²) in [5.41, 5.74) is 1.13. The average Bonchev–Trinajstić information content (AvgIpc) is 2.94. The minimum absolute atomic E-state index is 0.0580. The summed E-state index contributed by atoms with van der Waals surface area (Å²) in [6.45, 7) is 1.94. The highest BCUT2D eigenvalue weighted by Gasteiger charge is 2.19. The highest BCUT2D eigenvalue weighted by molar-refractivity contribution is 5.92. The first-order chi connectivity index (χ1) is 14.1. The van der Waals surface area contributed by atoms with Crippen LogP contribution >= 0.6 is 0 Å². The lowest BCUT2D eigenvalue weighted by Crippen LogP contribution is -2.40. The van der Waals surface area contributed by atoms with E-state index in [1.165, 1.54) is 17.5 Å². The van der Waals surface area contributed by atoms with Gasteiger partial charge in [-0.2, -0.15) is 5.10 Å². The average molecular weight is 396 g/mol. The number of nitrogens with one attached hydrogen (secondary N) is 1. The van der Waals surface area contributed by atoms with E-state index in [9.17, 15) is 9.59 Å². The molecule has 1 N–H and O–H groups in total. The maximum absolute atomic E-state index is 13.1. The van der Waals surface area contributed by atoms with Crippen LogP contribution in [0.3, 0.4) is 0 Å². The Morgan fingerprint density at radius 2 is 1.97 bits per heavy atom. The van der Waals surface area contributed by atoms with E-state index in [1.807, 2.05) is 35.6 Å². The van der Waals surface area contributed by atoms with Gasteiger partial charge in [-0.05, 0) is 31.0 Å². The maximum Gasteiger partial charge on any atom is 0.291 e. The van der Waals surface area contributed by atoms with Crippen LogP contribution in [0.15, 0.2) is 29.1 Å². The Kier molecular flexibility index (Phi) is 5.56. The Morgan fingerprint density at radius 1 is 1.21 bits per heavy atom. The first-order valence-corrected chi connectivity index (χ1v) is 10.5. The van der Waals surface area contributed by atoms with E-state index in [0.29, 0.717) is 17.7 Å². The van der Waals surface area contributed by atoms with E-state index in [4.69, 9.17) is 4.74 Å². The van der Waals surface area contributed by atoms with Crippen LogP contribution in [0.5, 0.6) is 5.75 Å². The fourth-order valence-corrected chi connectivity index (χ4v) is 4.35. The van der Waals surface area contributed by atoms with Crippen LogP contribution in [-0.2, 0) is 17.8 Å². The number of benzene rings is 1. The smallest absolute Gasteiger partial charge is 0.291 e. The van der Waals surface area contributed by atoms with Crippen molar-refractivity contribution in [1.82, 2.24) is 19.5 Å². The van der Waals surface area contributed by atoms with Gasteiger partial charge in [-0.3, -0.25) is 14.0 Å². The quantitative estimate of drug-likeness (QED) is 0.673. The SMILES string of the molecule is CCc1nn(CC(=O)NC2CCCCCC2)c(=O)c2cc3c(OC)cccc3n12. The summed E-state index contributed by atoms with van der Waals surface area (Å²) in [6.07, 6.45) is 7.42. The van der Waals surface area contributed by atoms with Gasteiger partial charge in [0.2, 0.25) is 5.91 Å². The molecule has 1 aliphatic rings. The van der Waals surface area contributed by atoms with Gasteiger partial charge < -0.3 is 10.1 Å². The van der Waals surface area contributed by atoms with E-state index in [-0.39, 0.29) is 24.1 Å². The third-order valence-corrected chi connectivity index (χ3v) is 5.80. The van der Waals surface area contributed by atoms with Crippen molar-refractivity contribution in [3.63, 3.8) is 0 Å². The van der Waals surface area contributed by atoms with E-state index in [2.05, 4.69) is 10.4 Å². The molecule has 0 unspecified atom stereocenters. The molecule has 4 rings (SSSR count). The zero-order valence-corrected chi connectivity index (χ0v) is 17.1. The topological polar surface area (TPSA) is 77.6 Å². The molecule has 0 atom stereocenters. The van der Waals surface area contributed by atoms with Crippen molar-refractivity contribution in [3.05, 3.63) is 40.4 Å². The van der Waals surface area contributed by atoms with E-state index in [0.717, 1.165) is 42.4 Å². The normalized spacial score (nSPS) is 15.5. The summed E-state index contributed by atoms with van der Waals surface area (Å²) < 4.78 is 8.63. The van der Waals surface area contributed by atoms with Gasteiger partial charge in [-0.1, -0.05) is 38.7 Å². The molecule has 0 radical (unpaired) electrons. The highest BCUT2D eigenvalue weighted by Crippen LogP contribution is 2.28. The summed E-state index contributed by atoms with van der Waals surface area (Å²) in [6, 6.07) is 7.76. The largest absolute Gasteiger partial charge is 0.496 e. The molecule has 1 amide bonds. The third-order valence-electron chi connectivity index (χ3n) is 5.80. The highest BCUT2D eigenvalue weighted by atomic mass is 16.5. The molecule has 0 saturated heterocycles. The molecule has 3 aromatic rings. The van der Waals surface area contributed by atoms with Crippen molar-refractivity contribution < 1.29 is 9.53 Å². The Hall–Kier alpha value is -2.83. The third kappa shape index (κ3) is 3.73. The summed E-state index contributed by atoms with van der Waals surface area (Å²) in [5.74, 6) is 1.31. The number of amides is 1. The predicted molar refractivity (Wildman–Crippen MR) is 113 cm³/mol. The van der Waals surface area contributed by atoms with Crippen LogP contribution in [0.4, 0.5) is 0 Å². The number of methoxy groups -OCH3 is 1. The van der Waals surface area contributed by atoms with Gasteiger partial charge in [0.15, 0.2) is 0 Å². The van der Waals surface area contributed by atoms with Crippen LogP contribution in [-0.4, -0.2) is 33.2 Å². The molecule has 1 fully saturated rings. The molecule has 7 nitrogen and oxygen atoms in total. The zero-order valence-electron chi connectivity index (χ0n) is 17.1. The number of fused-ring (bicyclic) bond motifs is 3. The van der Waals surface area contributed by atoms with Crippen LogP contribution in [0, 0.1) is 0 Å². The number of aromatic nitrogens is 3. The molecule has 1 aliphatic carbocycles. The number of hydrogen-bond donors (Lipinski definition) is 1. The van der Waals surface area contributed by atoms with Gasteiger partial charge in [0, 0.05) is 17.8 Å². The Bertz CT molecular complexity index is 1090. The Labute approximate surface area is 169 Å². The molecule has 1 saturated carbocycles. The van der Waals surface area contributed by atoms with Gasteiger partial charge in [0.25, 0.3) is 5.56 Å². The van der Waals surface area contributed by atoms with Gasteiger partial charge >= 0.3 is 0 Å². The van der Waals surface area contributed by atoms with Crippen molar-refractivity contribution in [2.24, 2.45) is 0 Å². The lowest BCUT2D eigenvalue weighted by Gasteiger charge is -2.17. The zero-order chi connectivity index (χ0) is 20.4. The van der Waals surface area contributed by atoms with Gasteiger partial charge in [-0.15, -0.1) is 0 Å². The standard InChI is InChI=1S/C22H28N4O3/c1-3-20-24-25(14-21(27)23-15-9-6-4-5-7-10-15)22(28)18-13-16-17(26(18)20)11-8-12-19(16)29-2/h8,11-13,15H,3-7,9-10,14H2,1-2H3,(H,23,27). The summed E-state index contributed by atoms with van der Waals surface area (Å²) in [4.78, 5) is 25.7. The minimum atomic E-state index is -0.267. The first kappa shape index (κ1) is 19.5. The fourth-order valence-electron chi connectivity index (χ4n) is 4.35. The second-order valence-electron chi connectivity index (χ2n) is 7.75. The maximum atomic E-state index is 13.1. The molecule has 1 aromatic carbocycles. The molecule has 0 aliphatic heterocycles. The molecular formula is C22H28N4O3. The fraction of sp³-hybridized carbons (Fsp3) is 0.500. The van der Waals surface area contributed by atoms with Gasteiger partial charge in [0.05, 0.1) is 12.6 Å². The molecule has 29 heavy (non-hydrogen) atoms. The number of hydrogen-bond acceptors (Lipinski definition) is 4. The Morgan fingerprint density at radius 3 is 2.66 bits per heavy atom. The monoisotopic (exact) mass is 396 g/mol. The van der Waals surface area contributed by atoms with Gasteiger partial charge in [0.1, 0.15) is 23.6 Å². The van der Waals surface area contributed by atoms with Crippen molar-refractivity contribution >= 4 is 22.3 Å². The summed E-state index contributed by atoms with van der Waals surface area (Å²) >= 11 is 0. The van der Waals surface area contributed by atoms with Crippen molar-refractivity contribution in [3.8, 4) is 5.75 Å². The van der Waals surface area contributed by atoms with Crippen LogP contribution < -0.4 is 15.6 Å². The van der Waals surface area contributed by atoms with Crippen molar-refractivity contribution in [2.45, 2.75) is 64.5 Å². The van der Waals surface area contributed by atoms with E-state index >= 15 is 0 Å². The molecule has 7 heteroatoms. The lowest BCUT2D eigenvalue weighted by atomic mass is 10.1. The first-order valence-electron chi connectivity index (χ1n) is 10.5. The summed E-state index contributed by atoms with van der Waals surface area (Å²) in [7, 11) is 1.62. The minimum Gasteiger partial charge on any atom is -0.496 e. The van der Waals surface area contributed by atoms with Crippen LogP contribution in [0.1, 0.15) is 51.3 Å². The second kappa shape index (κ2) is 8.27. The molecule has 2 aromatic heterocycles. The van der Waals surface area contributed by atoms with Crippen LogP contribution in [0.25, 0.3) is 16.4 Å². The lowest BCUT2D eigenvalue weighted by molar-refractivity contribution is -0.122. The number of nitrogens with zero attached hydrogens (tertiary/aromatic N) is 3. The molecular weight excluding hydrogens is 368 g/mol. The van der Waals surface area contributed by atoms with Crippen LogP contribution in [0.2, 0.25) is 0 Å². The second-order valence-corrected chi connectivity index (χ2v) is 7.75. The number of ether oxygens (including phenoxy) is 1. The number of aryl methyl sites for hydroxylation is 1. The van der Waals surface area contributed by atoms with Gasteiger partial charge in [-0.25, -0.2) is 4.68 Å². The predicted octanol–water partition coefficient (Wildman–Crippen LogP) is 3.06. The van der Waals surface area contributed by atoms with E-state index < -0.39 is 0 Å². The van der Waals surface area contributed by atoms with E-state index in [1.54, 1.807) is 7.11 Å². The molecule has 0 spiro atoms. The Balaban J connectivity index is 1.70. The number of carbonyl (C=O) groups excluding carboxylic acids is 1. The number of rotatable bonds is 5. The van der Waals surface area contributed by atoms with Crippen molar-refractivity contribution in [1.29, 1.82) is 0 Å². The molecule has 2 heterocycles. The van der Waals surface area contributed by atoms with Crippen molar-refractivity contribution in [2.75, 3.05) is 7.11 Å². The molecule has 0 bridgehead atoms. The number of carbonyl (C=O) groups is 1.